The minimum atomic E-state index is 0.684. The Kier molecular flexibility index (Phi) is 2.38. The summed E-state index contributed by atoms with van der Waals surface area (Å²) in [5.41, 5.74) is 9.65. The van der Waals surface area contributed by atoms with E-state index in [2.05, 4.69) is 34.7 Å². The molecule has 1 heterocycles. The first-order valence-electron chi connectivity index (χ1n) is 7.43. The first-order chi connectivity index (χ1) is 9.20. The molecule has 0 saturated heterocycles. The number of nitrogens with two attached hydrogens (primary N) is 1. The summed E-state index contributed by atoms with van der Waals surface area (Å²) >= 11 is 0. The topological polar surface area (TPSA) is 43.8 Å². The van der Waals surface area contributed by atoms with Crippen LogP contribution in [-0.4, -0.2) is 9.55 Å². The highest BCUT2D eigenvalue weighted by Crippen LogP contribution is 2.49. The van der Waals surface area contributed by atoms with E-state index in [4.69, 9.17) is 5.73 Å². The van der Waals surface area contributed by atoms with Gasteiger partial charge in [0.1, 0.15) is 0 Å². The fraction of sp³-hybridized carbons (Fsp3) is 0.562. The van der Waals surface area contributed by atoms with Crippen LogP contribution in [0.3, 0.4) is 0 Å². The van der Waals surface area contributed by atoms with Crippen molar-refractivity contribution in [2.45, 2.75) is 39.2 Å². The summed E-state index contributed by atoms with van der Waals surface area (Å²) in [5.74, 6) is 3.43. The zero-order valence-electron chi connectivity index (χ0n) is 11.5. The summed E-state index contributed by atoms with van der Waals surface area (Å²) in [4.78, 5) is 4.50. The number of hydrogen-bond donors (Lipinski definition) is 1. The largest absolute Gasteiger partial charge is 0.369 e. The molecular weight excluding hydrogens is 234 g/mol. The van der Waals surface area contributed by atoms with E-state index in [0.717, 1.165) is 29.8 Å². The van der Waals surface area contributed by atoms with Crippen LogP contribution in [0, 0.1) is 24.7 Å². The standard InChI is InChI=1S/C16H21N3/c1-10-2-5-14-15(6-10)19(16(17)18-14)9-13-8-11-3-4-12(13)7-11/h2,5-6,11-13H,3-4,7-9H2,1H3,(H2,17,18). The van der Waals surface area contributed by atoms with Gasteiger partial charge in [0.2, 0.25) is 5.95 Å². The van der Waals surface area contributed by atoms with Crippen molar-refractivity contribution in [1.29, 1.82) is 0 Å². The summed E-state index contributed by atoms with van der Waals surface area (Å²) in [6, 6.07) is 6.40. The Morgan fingerprint density at radius 3 is 2.95 bits per heavy atom. The van der Waals surface area contributed by atoms with Crippen molar-refractivity contribution >= 4 is 17.0 Å². The van der Waals surface area contributed by atoms with Crippen molar-refractivity contribution in [3.05, 3.63) is 23.8 Å². The van der Waals surface area contributed by atoms with Gasteiger partial charge >= 0.3 is 0 Å². The van der Waals surface area contributed by atoms with E-state index in [-0.39, 0.29) is 0 Å². The summed E-state index contributed by atoms with van der Waals surface area (Å²) in [6.45, 7) is 3.19. The normalized spacial score (nSPS) is 29.4. The molecule has 2 saturated carbocycles. The Balaban J connectivity index is 1.70. The number of benzene rings is 1. The predicted molar refractivity (Wildman–Crippen MR) is 77.8 cm³/mol. The Bertz CT molecular complexity index is 628. The maximum Gasteiger partial charge on any atom is 0.201 e. The van der Waals surface area contributed by atoms with Crippen LogP contribution in [0.2, 0.25) is 0 Å². The molecule has 3 atom stereocenters. The fourth-order valence-corrected chi connectivity index (χ4v) is 4.28. The molecule has 0 amide bonds. The van der Waals surface area contributed by atoms with Crippen molar-refractivity contribution in [3.8, 4) is 0 Å². The van der Waals surface area contributed by atoms with Crippen molar-refractivity contribution < 1.29 is 0 Å². The van der Waals surface area contributed by atoms with E-state index in [0.29, 0.717) is 5.95 Å². The highest BCUT2D eigenvalue weighted by Gasteiger charge is 2.39. The summed E-state index contributed by atoms with van der Waals surface area (Å²) in [5, 5.41) is 0. The molecule has 3 nitrogen and oxygen atoms in total. The first kappa shape index (κ1) is 11.3. The molecule has 2 N–H and O–H groups in total. The average Bonchev–Trinajstić information content (AvgIpc) is 3.06. The third-order valence-corrected chi connectivity index (χ3v) is 5.23. The van der Waals surface area contributed by atoms with Gasteiger partial charge in [-0.1, -0.05) is 12.5 Å². The SMILES string of the molecule is Cc1ccc2nc(N)n(CC3CC4CCC3C4)c2c1. The second-order valence-electron chi connectivity index (χ2n) is 6.51. The predicted octanol–water partition coefficient (Wildman–Crippen LogP) is 3.36. The highest BCUT2D eigenvalue weighted by atomic mass is 15.2. The van der Waals surface area contributed by atoms with Gasteiger partial charge in [-0.25, -0.2) is 4.98 Å². The van der Waals surface area contributed by atoms with Crippen LogP contribution in [-0.2, 0) is 6.54 Å². The lowest BCUT2D eigenvalue weighted by Crippen LogP contribution is -2.18. The lowest BCUT2D eigenvalue weighted by atomic mass is 9.89. The van der Waals surface area contributed by atoms with Crippen LogP contribution in [0.25, 0.3) is 11.0 Å². The van der Waals surface area contributed by atoms with Crippen LogP contribution in [0.5, 0.6) is 0 Å². The molecule has 1 aromatic carbocycles. The quantitative estimate of drug-likeness (QED) is 0.894. The fourth-order valence-electron chi connectivity index (χ4n) is 4.28. The Hall–Kier alpha value is -1.51. The minimum absolute atomic E-state index is 0.684. The number of aromatic nitrogens is 2. The lowest BCUT2D eigenvalue weighted by Gasteiger charge is -2.22. The van der Waals surface area contributed by atoms with Crippen LogP contribution >= 0.6 is 0 Å². The van der Waals surface area contributed by atoms with Gasteiger partial charge in [0.25, 0.3) is 0 Å². The maximum absolute atomic E-state index is 6.13. The van der Waals surface area contributed by atoms with E-state index < -0.39 is 0 Å². The maximum atomic E-state index is 6.13. The van der Waals surface area contributed by atoms with Crippen molar-refractivity contribution in [2.75, 3.05) is 5.73 Å². The van der Waals surface area contributed by atoms with E-state index in [1.54, 1.807) is 0 Å². The molecule has 2 aromatic rings. The molecule has 4 rings (SSSR count). The molecule has 2 aliphatic rings. The van der Waals surface area contributed by atoms with E-state index in [9.17, 15) is 0 Å². The number of anilines is 1. The molecule has 2 bridgehead atoms. The molecule has 0 aliphatic heterocycles. The summed E-state index contributed by atoms with van der Waals surface area (Å²) in [7, 11) is 0. The third-order valence-electron chi connectivity index (χ3n) is 5.23. The average molecular weight is 255 g/mol. The first-order valence-corrected chi connectivity index (χ1v) is 7.43. The molecule has 3 unspecified atom stereocenters. The van der Waals surface area contributed by atoms with Gasteiger partial charge in [0.15, 0.2) is 0 Å². The van der Waals surface area contributed by atoms with Gasteiger partial charge in [0, 0.05) is 6.54 Å². The van der Waals surface area contributed by atoms with Crippen LogP contribution < -0.4 is 5.73 Å². The molecule has 2 aliphatic carbocycles. The van der Waals surface area contributed by atoms with Gasteiger partial charge in [-0.05, 0) is 61.6 Å². The molecule has 2 fully saturated rings. The number of aryl methyl sites for hydroxylation is 1. The lowest BCUT2D eigenvalue weighted by molar-refractivity contribution is 0.300. The highest BCUT2D eigenvalue weighted by molar-refractivity contribution is 5.79. The van der Waals surface area contributed by atoms with E-state index >= 15 is 0 Å². The number of fused-ring (bicyclic) bond motifs is 3. The Morgan fingerprint density at radius 1 is 1.32 bits per heavy atom. The number of imidazole rings is 1. The van der Waals surface area contributed by atoms with E-state index in [1.165, 1.54) is 36.8 Å². The smallest absolute Gasteiger partial charge is 0.201 e. The molecular formula is C16H21N3. The summed E-state index contributed by atoms with van der Waals surface area (Å²) < 4.78 is 2.24. The molecule has 0 radical (unpaired) electrons. The Labute approximate surface area is 113 Å². The number of nitrogen functional groups attached to an aromatic ring is 1. The van der Waals surface area contributed by atoms with Gasteiger partial charge in [-0.15, -0.1) is 0 Å². The summed E-state index contributed by atoms with van der Waals surface area (Å²) in [6.07, 6.45) is 5.74. The Morgan fingerprint density at radius 2 is 2.21 bits per heavy atom. The van der Waals surface area contributed by atoms with E-state index in [1.807, 2.05) is 0 Å². The number of rotatable bonds is 2. The number of hydrogen-bond acceptors (Lipinski definition) is 2. The molecule has 1 aromatic heterocycles. The van der Waals surface area contributed by atoms with Gasteiger partial charge in [-0.3, -0.25) is 0 Å². The number of nitrogens with zero attached hydrogens (tertiary/aromatic N) is 2. The monoisotopic (exact) mass is 255 g/mol. The zero-order valence-corrected chi connectivity index (χ0v) is 11.5. The second kappa shape index (κ2) is 3.99. The second-order valence-corrected chi connectivity index (χ2v) is 6.51. The van der Waals surface area contributed by atoms with Crippen molar-refractivity contribution in [3.63, 3.8) is 0 Å². The van der Waals surface area contributed by atoms with Gasteiger partial charge in [0.05, 0.1) is 11.0 Å². The molecule has 0 spiro atoms. The minimum Gasteiger partial charge on any atom is -0.369 e. The third kappa shape index (κ3) is 1.75. The van der Waals surface area contributed by atoms with Crippen LogP contribution in [0.15, 0.2) is 18.2 Å². The molecule has 3 heteroatoms. The van der Waals surface area contributed by atoms with Gasteiger partial charge in [-0.2, -0.15) is 0 Å². The molecule has 19 heavy (non-hydrogen) atoms. The van der Waals surface area contributed by atoms with Crippen molar-refractivity contribution in [2.24, 2.45) is 17.8 Å². The van der Waals surface area contributed by atoms with Crippen molar-refractivity contribution in [1.82, 2.24) is 9.55 Å². The van der Waals surface area contributed by atoms with Crippen LogP contribution in [0.4, 0.5) is 5.95 Å². The van der Waals surface area contributed by atoms with Gasteiger partial charge < -0.3 is 10.3 Å². The van der Waals surface area contributed by atoms with Crippen LogP contribution in [0.1, 0.15) is 31.2 Å². The molecule has 100 valence electrons. The zero-order chi connectivity index (χ0) is 13.0.